The van der Waals surface area contributed by atoms with Crippen molar-refractivity contribution in [2.75, 3.05) is 13.2 Å². The summed E-state index contributed by atoms with van der Waals surface area (Å²) in [6.07, 6.45) is 1.43. The molecule has 1 aromatic rings. The zero-order chi connectivity index (χ0) is 14.3. The van der Waals surface area contributed by atoms with Gasteiger partial charge in [0, 0.05) is 6.20 Å². The number of hydrogen-bond donors (Lipinski definition) is 1. The van der Waals surface area contributed by atoms with Crippen LogP contribution >= 0.6 is 0 Å². The van der Waals surface area contributed by atoms with E-state index >= 15 is 0 Å². The predicted octanol–water partition coefficient (Wildman–Crippen LogP) is 1.48. The summed E-state index contributed by atoms with van der Waals surface area (Å²) in [5, 5.41) is 9.99. The maximum atomic E-state index is 11.7. The highest BCUT2D eigenvalue weighted by atomic mass is 16.6. The Morgan fingerprint density at radius 3 is 2.16 bits per heavy atom. The first-order valence-electron chi connectivity index (χ1n) is 5.80. The summed E-state index contributed by atoms with van der Waals surface area (Å²) in [6, 6.07) is 4.73. The molecule has 1 N–H and O–H groups in total. The molecule has 6 nitrogen and oxygen atoms in total. The molecule has 0 aliphatic heterocycles. The van der Waals surface area contributed by atoms with Crippen molar-refractivity contribution in [1.29, 1.82) is 0 Å². The van der Waals surface area contributed by atoms with E-state index in [0.717, 1.165) is 0 Å². The molecule has 1 heterocycles. The second-order valence-electron chi connectivity index (χ2n) is 3.38. The van der Waals surface area contributed by atoms with Crippen molar-refractivity contribution in [2.24, 2.45) is 0 Å². The number of hydrogen-bond acceptors (Lipinski definition) is 6. The van der Waals surface area contributed by atoms with Crippen molar-refractivity contribution in [2.45, 2.75) is 13.8 Å². The molecule has 0 aromatic carbocycles. The van der Waals surface area contributed by atoms with Crippen LogP contribution in [0.4, 0.5) is 0 Å². The van der Waals surface area contributed by atoms with E-state index in [1.165, 1.54) is 12.3 Å². The summed E-state index contributed by atoms with van der Waals surface area (Å²) in [5.74, 6) is -2.44. The van der Waals surface area contributed by atoms with Gasteiger partial charge >= 0.3 is 11.9 Å². The van der Waals surface area contributed by atoms with Gasteiger partial charge in [-0.25, -0.2) is 9.59 Å². The molecule has 0 amide bonds. The minimum atomic E-state index is -0.941. The minimum Gasteiger partial charge on any atom is -0.505 e. The zero-order valence-electron chi connectivity index (χ0n) is 10.8. The Labute approximate surface area is 110 Å². The lowest BCUT2D eigenvalue weighted by molar-refractivity contribution is -0.146. The molecule has 0 unspecified atom stereocenters. The van der Waals surface area contributed by atoms with Crippen LogP contribution in [0.3, 0.4) is 0 Å². The van der Waals surface area contributed by atoms with Gasteiger partial charge < -0.3 is 14.6 Å². The second kappa shape index (κ2) is 7.15. The average molecular weight is 265 g/mol. The van der Waals surface area contributed by atoms with E-state index in [9.17, 15) is 14.7 Å². The van der Waals surface area contributed by atoms with Gasteiger partial charge in [0.15, 0.2) is 11.3 Å². The number of aliphatic hydroxyl groups excluding tert-OH is 1. The summed E-state index contributed by atoms with van der Waals surface area (Å²) in [4.78, 5) is 27.3. The highest BCUT2D eigenvalue weighted by Gasteiger charge is 2.27. The third kappa shape index (κ3) is 3.80. The molecule has 0 radical (unpaired) electrons. The lowest BCUT2D eigenvalue weighted by atomic mass is 10.1. The topological polar surface area (TPSA) is 85.7 Å². The molecule has 0 aliphatic rings. The number of carbonyl (C=O) groups is 2. The zero-order valence-corrected chi connectivity index (χ0v) is 10.8. The van der Waals surface area contributed by atoms with Crippen molar-refractivity contribution < 1.29 is 24.2 Å². The third-order valence-electron chi connectivity index (χ3n) is 2.10. The van der Waals surface area contributed by atoms with Gasteiger partial charge in [-0.15, -0.1) is 0 Å². The standard InChI is InChI=1S/C13H15NO5/c1-3-18-12(16)10(13(17)19-4-2)11(15)9-7-5-6-8-14-9/h5-8,15H,3-4H2,1-2H3. The maximum absolute atomic E-state index is 11.7. The second-order valence-corrected chi connectivity index (χ2v) is 3.38. The van der Waals surface area contributed by atoms with E-state index in [4.69, 9.17) is 9.47 Å². The number of aromatic nitrogens is 1. The number of rotatable bonds is 5. The first kappa shape index (κ1) is 14.7. The van der Waals surface area contributed by atoms with Crippen LogP contribution in [0.15, 0.2) is 30.0 Å². The van der Waals surface area contributed by atoms with Crippen molar-refractivity contribution in [3.63, 3.8) is 0 Å². The maximum Gasteiger partial charge on any atom is 0.349 e. The van der Waals surface area contributed by atoms with Gasteiger partial charge in [0.2, 0.25) is 0 Å². The van der Waals surface area contributed by atoms with E-state index in [1.807, 2.05) is 0 Å². The molecule has 0 fully saturated rings. The Morgan fingerprint density at radius 1 is 1.16 bits per heavy atom. The highest BCUT2D eigenvalue weighted by Crippen LogP contribution is 2.16. The average Bonchev–Trinajstić information content (AvgIpc) is 2.40. The van der Waals surface area contributed by atoms with Gasteiger partial charge in [-0.2, -0.15) is 0 Å². The normalized spacial score (nSPS) is 9.58. The Kier molecular flexibility index (Phi) is 5.53. The molecule has 6 heteroatoms. The minimum absolute atomic E-state index is 0.0806. The van der Waals surface area contributed by atoms with Crippen LogP contribution in [0.1, 0.15) is 19.5 Å². The Bertz CT molecular complexity index is 461. The fourth-order valence-corrected chi connectivity index (χ4v) is 1.31. The number of esters is 2. The summed E-state index contributed by atoms with van der Waals surface area (Å²) in [7, 11) is 0. The molecular weight excluding hydrogens is 250 g/mol. The molecule has 1 aromatic heterocycles. The van der Waals surface area contributed by atoms with E-state index in [-0.39, 0.29) is 18.9 Å². The monoisotopic (exact) mass is 265 g/mol. The lowest BCUT2D eigenvalue weighted by Crippen LogP contribution is -2.20. The molecule has 0 aliphatic carbocycles. The molecule has 1 rings (SSSR count). The fourth-order valence-electron chi connectivity index (χ4n) is 1.31. The van der Waals surface area contributed by atoms with Crippen molar-refractivity contribution in [3.05, 3.63) is 35.7 Å². The van der Waals surface area contributed by atoms with Crippen LogP contribution in [0.25, 0.3) is 5.76 Å². The summed E-state index contributed by atoms with van der Waals surface area (Å²) < 4.78 is 9.46. The van der Waals surface area contributed by atoms with Crippen LogP contribution in [0, 0.1) is 0 Å². The van der Waals surface area contributed by atoms with Crippen molar-refractivity contribution in [1.82, 2.24) is 4.98 Å². The number of aliphatic hydroxyl groups is 1. The molecular formula is C13H15NO5. The number of carbonyl (C=O) groups excluding carboxylic acids is 2. The summed E-state index contributed by atoms with van der Waals surface area (Å²) >= 11 is 0. The molecule has 0 atom stereocenters. The largest absolute Gasteiger partial charge is 0.505 e. The van der Waals surface area contributed by atoms with Gasteiger partial charge in [-0.1, -0.05) is 6.07 Å². The number of ether oxygens (including phenoxy) is 2. The van der Waals surface area contributed by atoms with Crippen LogP contribution in [0.5, 0.6) is 0 Å². The van der Waals surface area contributed by atoms with Crippen LogP contribution in [-0.4, -0.2) is 35.2 Å². The van der Waals surface area contributed by atoms with Crippen molar-refractivity contribution >= 4 is 17.7 Å². The number of nitrogens with zero attached hydrogens (tertiary/aromatic N) is 1. The van der Waals surface area contributed by atoms with Gasteiger partial charge in [0.25, 0.3) is 0 Å². The molecule has 102 valence electrons. The predicted molar refractivity (Wildman–Crippen MR) is 67.1 cm³/mol. The lowest BCUT2D eigenvalue weighted by Gasteiger charge is -2.08. The Balaban J connectivity index is 3.21. The highest BCUT2D eigenvalue weighted by molar-refractivity contribution is 6.18. The van der Waals surface area contributed by atoms with Gasteiger partial charge in [-0.05, 0) is 26.0 Å². The number of pyridine rings is 1. The van der Waals surface area contributed by atoms with Crippen LogP contribution < -0.4 is 0 Å². The first-order valence-corrected chi connectivity index (χ1v) is 5.80. The molecule has 0 spiro atoms. The molecule has 19 heavy (non-hydrogen) atoms. The smallest absolute Gasteiger partial charge is 0.349 e. The van der Waals surface area contributed by atoms with Crippen LogP contribution in [0.2, 0.25) is 0 Å². The SMILES string of the molecule is CCOC(=O)C(C(=O)OCC)=C(O)c1ccccn1. The molecule has 0 saturated heterocycles. The van der Waals surface area contributed by atoms with E-state index in [2.05, 4.69) is 4.98 Å². The van der Waals surface area contributed by atoms with Crippen molar-refractivity contribution in [3.8, 4) is 0 Å². The summed E-state index contributed by atoms with van der Waals surface area (Å²) in [6.45, 7) is 3.35. The first-order chi connectivity index (χ1) is 9.11. The molecule has 0 bridgehead atoms. The molecule has 0 saturated carbocycles. The van der Waals surface area contributed by atoms with E-state index < -0.39 is 23.3 Å². The van der Waals surface area contributed by atoms with E-state index in [0.29, 0.717) is 0 Å². The van der Waals surface area contributed by atoms with Gasteiger partial charge in [0.05, 0.1) is 13.2 Å². The van der Waals surface area contributed by atoms with E-state index in [1.54, 1.807) is 26.0 Å². The quantitative estimate of drug-likeness (QED) is 0.285. The Morgan fingerprint density at radius 2 is 1.74 bits per heavy atom. The fraction of sp³-hybridized carbons (Fsp3) is 0.308. The Hall–Kier alpha value is -2.37. The third-order valence-corrected chi connectivity index (χ3v) is 2.10. The van der Waals surface area contributed by atoms with Gasteiger partial charge in [-0.3, -0.25) is 4.98 Å². The van der Waals surface area contributed by atoms with Crippen LogP contribution in [-0.2, 0) is 19.1 Å². The summed E-state index contributed by atoms with van der Waals surface area (Å²) in [5.41, 5.74) is -0.457. The van der Waals surface area contributed by atoms with Gasteiger partial charge in [0.1, 0.15) is 5.69 Å².